The number of aryl methyl sites for hydroxylation is 1. The zero-order valence-corrected chi connectivity index (χ0v) is 11.4. The van der Waals surface area contributed by atoms with Crippen molar-refractivity contribution < 1.29 is 22.5 Å². The van der Waals surface area contributed by atoms with Crippen molar-refractivity contribution in [1.82, 2.24) is 20.3 Å². The summed E-state index contributed by atoms with van der Waals surface area (Å²) in [6.45, 7) is 3.24. The molecule has 2 N–H and O–H groups in total. The number of carbonyl (C=O) groups excluding carboxylic acids is 1. The van der Waals surface area contributed by atoms with E-state index in [0.717, 1.165) is 6.20 Å². The summed E-state index contributed by atoms with van der Waals surface area (Å²) in [7, 11) is -4.12. The van der Waals surface area contributed by atoms with Gasteiger partial charge in [0.25, 0.3) is 10.0 Å². The van der Waals surface area contributed by atoms with Crippen molar-refractivity contribution in [2.24, 2.45) is 0 Å². The van der Waals surface area contributed by atoms with E-state index in [2.05, 4.69) is 24.9 Å². The molecule has 11 heteroatoms. The van der Waals surface area contributed by atoms with Crippen LogP contribution in [0.15, 0.2) is 15.7 Å². The van der Waals surface area contributed by atoms with Gasteiger partial charge in [0.05, 0.1) is 12.8 Å². The average molecular weight is 301 g/mol. The van der Waals surface area contributed by atoms with Gasteiger partial charge in [0.15, 0.2) is 10.9 Å². The van der Waals surface area contributed by atoms with E-state index in [0.29, 0.717) is 0 Å². The van der Waals surface area contributed by atoms with Crippen LogP contribution in [0.5, 0.6) is 0 Å². The number of hydrogen-bond donors (Lipinski definition) is 2. The second-order valence-electron chi connectivity index (χ2n) is 3.59. The normalized spacial score (nSPS) is 11.3. The molecule has 0 atom stereocenters. The van der Waals surface area contributed by atoms with Crippen LogP contribution in [0, 0.1) is 6.92 Å². The molecule has 10 nitrogen and oxygen atoms in total. The minimum atomic E-state index is -4.12. The van der Waals surface area contributed by atoms with Gasteiger partial charge in [-0.15, -0.1) is 0 Å². The lowest BCUT2D eigenvalue weighted by Gasteiger charge is -2.04. The summed E-state index contributed by atoms with van der Waals surface area (Å²) in [4.78, 5) is 15.3. The lowest BCUT2D eigenvalue weighted by molar-refractivity contribution is 0.0522. The molecule has 0 aliphatic rings. The first-order chi connectivity index (χ1) is 9.44. The van der Waals surface area contributed by atoms with Gasteiger partial charge in [-0.05, 0) is 13.8 Å². The number of ether oxygens (including phenoxy) is 1. The lowest BCUT2D eigenvalue weighted by Crippen LogP contribution is -2.18. The molecule has 0 bridgehead atoms. The molecule has 2 aromatic rings. The molecule has 108 valence electrons. The fraction of sp³-hybridized carbons (Fsp3) is 0.333. The number of rotatable bonds is 5. The minimum Gasteiger partial charge on any atom is -0.462 e. The summed E-state index contributed by atoms with van der Waals surface area (Å²) in [6, 6.07) is -0.313. The second kappa shape index (κ2) is 5.28. The topological polar surface area (TPSA) is 140 Å². The van der Waals surface area contributed by atoms with Crippen molar-refractivity contribution in [3.05, 3.63) is 17.6 Å². The molecule has 0 unspecified atom stereocenters. The number of carbonyl (C=O) groups is 1. The first-order valence-electron chi connectivity index (χ1n) is 5.47. The molecule has 2 heterocycles. The molecule has 0 amide bonds. The summed E-state index contributed by atoms with van der Waals surface area (Å²) in [6.07, 6.45) is 1.06. The van der Waals surface area contributed by atoms with Crippen LogP contribution in [0.4, 0.5) is 6.01 Å². The fourth-order valence-corrected chi connectivity index (χ4v) is 2.35. The molecule has 2 aromatic heterocycles. The van der Waals surface area contributed by atoms with Gasteiger partial charge in [-0.25, -0.2) is 9.52 Å². The standard InChI is InChI=1S/C9H11N5O5S/c1-3-18-8(15)6-4-10-12-7(6)20(16,17)14-9-11-5(2)13-19-9/h4H,3H2,1-2H3,(H,10,12)(H,11,13,14). The molecular formula is C9H11N5O5S. The first-order valence-corrected chi connectivity index (χ1v) is 6.96. The molecule has 2 rings (SSSR count). The molecule has 0 fully saturated rings. The summed E-state index contributed by atoms with van der Waals surface area (Å²) in [5, 5.41) is 8.75. The summed E-state index contributed by atoms with van der Waals surface area (Å²) < 4.78 is 35.6. The molecule has 0 saturated heterocycles. The van der Waals surface area contributed by atoms with E-state index in [1.807, 2.05) is 4.72 Å². The van der Waals surface area contributed by atoms with Crippen LogP contribution < -0.4 is 4.72 Å². The van der Waals surface area contributed by atoms with Gasteiger partial charge in [-0.3, -0.25) is 5.10 Å². The Kier molecular flexibility index (Phi) is 3.70. The highest BCUT2D eigenvalue weighted by Crippen LogP contribution is 2.17. The van der Waals surface area contributed by atoms with Gasteiger partial charge in [0, 0.05) is 0 Å². The molecule has 0 radical (unpaired) electrons. The van der Waals surface area contributed by atoms with Gasteiger partial charge in [0.1, 0.15) is 5.56 Å². The number of aromatic amines is 1. The maximum Gasteiger partial charge on any atom is 0.342 e. The van der Waals surface area contributed by atoms with Gasteiger partial charge in [-0.1, -0.05) is 5.16 Å². The third kappa shape index (κ3) is 2.77. The smallest absolute Gasteiger partial charge is 0.342 e. The number of nitrogens with zero attached hydrogens (tertiary/aromatic N) is 3. The first kappa shape index (κ1) is 14.0. The predicted molar refractivity (Wildman–Crippen MR) is 64.4 cm³/mol. The highest BCUT2D eigenvalue weighted by Gasteiger charge is 2.27. The van der Waals surface area contributed by atoms with Crippen LogP contribution in [0.1, 0.15) is 23.1 Å². The second-order valence-corrected chi connectivity index (χ2v) is 5.20. The number of nitrogens with one attached hydrogen (secondary N) is 2. The van der Waals surface area contributed by atoms with Crippen LogP contribution in [-0.4, -0.2) is 41.3 Å². The van der Waals surface area contributed by atoms with E-state index in [4.69, 9.17) is 4.74 Å². The van der Waals surface area contributed by atoms with Gasteiger partial charge in [-0.2, -0.15) is 18.5 Å². The van der Waals surface area contributed by atoms with Crippen molar-refractivity contribution in [1.29, 1.82) is 0 Å². The number of hydrogen-bond acceptors (Lipinski definition) is 8. The van der Waals surface area contributed by atoms with Crippen LogP contribution in [0.2, 0.25) is 0 Å². The fourth-order valence-electron chi connectivity index (χ4n) is 1.34. The van der Waals surface area contributed by atoms with E-state index in [9.17, 15) is 13.2 Å². The summed E-state index contributed by atoms with van der Waals surface area (Å²) in [5.41, 5.74) is -0.212. The number of sulfonamides is 1. The Hall–Kier alpha value is -2.43. The van der Waals surface area contributed by atoms with E-state index in [1.54, 1.807) is 6.92 Å². The molecule has 0 aromatic carbocycles. The zero-order valence-electron chi connectivity index (χ0n) is 10.6. The highest BCUT2D eigenvalue weighted by molar-refractivity contribution is 7.92. The minimum absolute atomic E-state index is 0.111. The molecule has 0 aliphatic carbocycles. The van der Waals surface area contributed by atoms with E-state index >= 15 is 0 Å². The third-order valence-electron chi connectivity index (χ3n) is 2.12. The summed E-state index contributed by atoms with van der Waals surface area (Å²) in [5.74, 6) is -0.540. The predicted octanol–water partition coefficient (Wildman–Crippen LogP) is 0.0786. The average Bonchev–Trinajstić information content (AvgIpc) is 2.98. The maximum absolute atomic E-state index is 12.1. The molecular weight excluding hydrogens is 290 g/mol. The van der Waals surface area contributed by atoms with Gasteiger partial charge in [0.2, 0.25) is 0 Å². The van der Waals surface area contributed by atoms with Crippen molar-refractivity contribution in [2.45, 2.75) is 18.9 Å². The Balaban J connectivity index is 2.30. The van der Waals surface area contributed by atoms with E-state index < -0.39 is 21.0 Å². The largest absolute Gasteiger partial charge is 0.462 e. The zero-order chi connectivity index (χ0) is 14.8. The van der Waals surface area contributed by atoms with E-state index in [1.165, 1.54) is 6.92 Å². The quantitative estimate of drug-likeness (QED) is 0.740. The van der Waals surface area contributed by atoms with Crippen LogP contribution in [0.3, 0.4) is 0 Å². The Morgan fingerprint density at radius 3 is 2.90 bits per heavy atom. The van der Waals surface area contributed by atoms with Crippen molar-refractivity contribution in [2.75, 3.05) is 11.3 Å². The Morgan fingerprint density at radius 2 is 2.30 bits per heavy atom. The Bertz CT molecular complexity index is 719. The van der Waals surface area contributed by atoms with Crippen LogP contribution >= 0.6 is 0 Å². The van der Waals surface area contributed by atoms with Crippen molar-refractivity contribution in [3.63, 3.8) is 0 Å². The van der Waals surface area contributed by atoms with Crippen molar-refractivity contribution in [3.8, 4) is 0 Å². The van der Waals surface area contributed by atoms with E-state index in [-0.39, 0.29) is 24.0 Å². The molecule has 20 heavy (non-hydrogen) atoms. The molecule has 0 saturated carbocycles. The van der Waals surface area contributed by atoms with Crippen molar-refractivity contribution >= 4 is 22.0 Å². The maximum atomic E-state index is 12.1. The number of esters is 1. The third-order valence-corrected chi connectivity index (χ3v) is 3.41. The number of aromatic nitrogens is 4. The Morgan fingerprint density at radius 1 is 1.55 bits per heavy atom. The Labute approximate surface area is 113 Å². The van der Waals surface area contributed by atoms with Crippen LogP contribution in [0.25, 0.3) is 0 Å². The molecule has 0 aliphatic heterocycles. The van der Waals surface area contributed by atoms with Gasteiger partial charge >= 0.3 is 12.0 Å². The lowest BCUT2D eigenvalue weighted by atomic mass is 10.4. The number of anilines is 1. The number of H-pyrrole nitrogens is 1. The summed E-state index contributed by atoms with van der Waals surface area (Å²) >= 11 is 0. The molecule has 0 spiro atoms. The van der Waals surface area contributed by atoms with Gasteiger partial charge < -0.3 is 9.26 Å². The van der Waals surface area contributed by atoms with Crippen LogP contribution in [-0.2, 0) is 14.8 Å². The SMILES string of the molecule is CCOC(=O)c1cn[nH]c1S(=O)(=O)Nc1nc(C)no1. The monoisotopic (exact) mass is 301 g/mol. The highest BCUT2D eigenvalue weighted by atomic mass is 32.2.